The summed E-state index contributed by atoms with van der Waals surface area (Å²) < 4.78 is 10.8. The van der Waals surface area contributed by atoms with Crippen molar-refractivity contribution in [3.63, 3.8) is 0 Å². The highest BCUT2D eigenvalue weighted by atomic mass is 35.5. The van der Waals surface area contributed by atoms with Gasteiger partial charge in [0.25, 0.3) is 11.8 Å². The maximum atomic E-state index is 12.1. The minimum absolute atomic E-state index is 0.134. The standard InChI is InChI=1S/C16H17ClN2O4/c1-10-3-5-12(23-10)8-19(2)15(20)9-22-14-6-4-11(17)7-13(14)16(18)21/h3-7H,8-9H2,1-2H3,(H2,18,21). The number of nitrogens with zero attached hydrogens (tertiary/aromatic N) is 1. The van der Waals surface area contributed by atoms with E-state index in [0.717, 1.165) is 5.76 Å². The lowest BCUT2D eigenvalue weighted by Gasteiger charge is -2.17. The number of carbonyl (C=O) groups is 2. The summed E-state index contributed by atoms with van der Waals surface area (Å²) >= 11 is 5.82. The Hall–Kier alpha value is -2.47. The first-order valence-corrected chi connectivity index (χ1v) is 7.26. The van der Waals surface area contributed by atoms with Crippen LogP contribution in [0.2, 0.25) is 5.02 Å². The van der Waals surface area contributed by atoms with Gasteiger partial charge in [-0.25, -0.2) is 0 Å². The van der Waals surface area contributed by atoms with Crippen LogP contribution in [0.4, 0.5) is 0 Å². The van der Waals surface area contributed by atoms with Gasteiger partial charge in [-0.15, -0.1) is 0 Å². The Bertz CT molecular complexity index is 727. The second-order valence-corrected chi connectivity index (χ2v) is 5.49. The summed E-state index contributed by atoms with van der Waals surface area (Å²) in [5, 5.41) is 0.364. The highest BCUT2D eigenvalue weighted by Gasteiger charge is 2.15. The molecule has 6 nitrogen and oxygen atoms in total. The number of carbonyl (C=O) groups excluding carboxylic acids is 2. The molecule has 2 amide bonds. The molecule has 0 unspecified atom stereocenters. The number of hydrogen-bond donors (Lipinski definition) is 1. The van der Waals surface area contributed by atoms with Crippen molar-refractivity contribution >= 4 is 23.4 Å². The van der Waals surface area contributed by atoms with Gasteiger partial charge in [-0.3, -0.25) is 9.59 Å². The quantitative estimate of drug-likeness (QED) is 0.877. The zero-order valence-electron chi connectivity index (χ0n) is 12.8. The Morgan fingerprint density at radius 3 is 2.65 bits per heavy atom. The van der Waals surface area contributed by atoms with Crippen LogP contribution in [-0.4, -0.2) is 30.4 Å². The zero-order chi connectivity index (χ0) is 17.0. The van der Waals surface area contributed by atoms with Gasteiger partial charge in [-0.05, 0) is 37.3 Å². The van der Waals surface area contributed by atoms with Gasteiger partial charge in [-0.1, -0.05) is 11.6 Å². The van der Waals surface area contributed by atoms with Gasteiger partial charge in [0.2, 0.25) is 0 Å². The van der Waals surface area contributed by atoms with Crippen LogP contribution in [0, 0.1) is 6.92 Å². The number of ether oxygens (including phenoxy) is 1. The lowest BCUT2D eigenvalue weighted by atomic mass is 10.2. The number of nitrogens with two attached hydrogens (primary N) is 1. The van der Waals surface area contributed by atoms with E-state index in [2.05, 4.69) is 0 Å². The first-order valence-electron chi connectivity index (χ1n) is 6.88. The molecular weight excluding hydrogens is 320 g/mol. The molecule has 0 bridgehead atoms. The zero-order valence-corrected chi connectivity index (χ0v) is 13.6. The molecule has 0 aliphatic carbocycles. The maximum absolute atomic E-state index is 12.1. The molecule has 0 aliphatic heterocycles. The number of halogens is 1. The summed E-state index contributed by atoms with van der Waals surface area (Å²) in [6.45, 7) is 1.94. The van der Waals surface area contributed by atoms with Gasteiger partial charge in [0.1, 0.15) is 17.3 Å². The number of benzene rings is 1. The molecule has 0 radical (unpaired) electrons. The van der Waals surface area contributed by atoms with E-state index in [-0.39, 0.29) is 23.8 Å². The Labute approximate surface area is 138 Å². The smallest absolute Gasteiger partial charge is 0.260 e. The van der Waals surface area contributed by atoms with Crippen molar-refractivity contribution in [3.8, 4) is 5.75 Å². The van der Waals surface area contributed by atoms with Crippen LogP contribution in [0.15, 0.2) is 34.7 Å². The number of likely N-dealkylation sites (N-methyl/N-ethyl adjacent to an activating group) is 1. The summed E-state index contributed by atoms with van der Waals surface area (Å²) in [4.78, 5) is 24.9. The molecule has 122 valence electrons. The van der Waals surface area contributed by atoms with Crippen LogP contribution in [0.1, 0.15) is 21.9 Å². The van der Waals surface area contributed by atoms with Gasteiger partial charge in [0.15, 0.2) is 6.61 Å². The summed E-state index contributed by atoms with van der Waals surface area (Å²) in [6.07, 6.45) is 0. The van der Waals surface area contributed by atoms with Gasteiger partial charge >= 0.3 is 0 Å². The van der Waals surface area contributed by atoms with E-state index in [1.54, 1.807) is 13.1 Å². The summed E-state index contributed by atoms with van der Waals surface area (Å²) in [5.41, 5.74) is 5.40. The SMILES string of the molecule is Cc1ccc(CN(C)C(=O)COc2ccc(Cl)cc2C(N)=O)o1. The van der Waals surface area contributed by atoms with Crippen molar-refractivity contribution < 1.29 is 18.7 Å². The molecule has 23 heavy (non-hydrogen) atoms. The Morgan fingerprint density at radius 1 is 1.30 bits per heavy atom. The fourth-order valence-electron chi connectivity index (χ4n) is 1.96. The molecule has 0 saturated heterocycles. The number of aryl methyl sites for hydroxylation is 1. The predicted molar refractivity (Wildman–Crippen MR) is 85.4 cm³/mol. The lowest BCUT2D eigenvalue weighted by molar-refractivity contribution is -0.132. The Kier molecular flexibility index (Phi) is 5.28. The van der Waals surface area contributed by atoms with Crippen molar-refractivity contribution in [2.45, 2.75) is 13.5 Å². The van der Waals surface area contributed by atoms with Gasteiger partial charge in [-0.2, -0.15) is 0 Å². The van der Waals surface area contributed by atoms with E-state index in [9.17, 15) is 9.59 Å². The molecule has 0 spiro atoms. The second-order valence-electron chi connectivity index (χ2n) is 5.06. The minimum atomic E-state index is -0.672. The summed E-state index contributed by atoms with van der Waals surface area (Å²) in [5.74, 6) is 0.753. The monoisotopic (exact) mass is 336 g/mol. The third kappa shape index (κ3) is 4.50. The predicted octanol–water partition coefficient (Wildman–Crippen LogP) is 2.38. The highest BCUT2D eigenvalue weighted by Crippen LogP contribution is 2.22. The molecular formula is C16H17ClN2O4. The van der Waals surface area contributed by atoms with E-state index in [1.807, 2.05) is 19.1 Å². The van der Waals surface area contributed by atoms with Crippen molar-refractivity contribution in [2.24, 2.45) is 5.73 Å². The number of amides is 2. The molecule has 2 N–H and O–H groups in total. The fourth-order valence-corrected chi connectivity index (χ4v) is 2.13. The summed E-state index contributed by atoms with van der Waals surface area (Å²) in [7, 11) is 1.64. The molecule has 2 aromatic rings. The Morgan fingerprint density at radius 2 is 2.04 bits per heavy atom. The van der Waals surface area contributed by atoms with Crippen molar-refractivity contribution in [3.05, 3.63) is 52.4 Å². The van der Waals surface area contributed by atoms with Crippen LogP contribution in [-0.2, 0) is 11.3 Å². The largest absolute Gasteiger partial charge is 0.483 e. The topological polar surface area (TPSA) is 85.8 Å². The van der Waals surface area contributed by atoms with E-state index in [4.69, 9.17) is 26.5 Å². The van der Waals surface area contributed by atoms with Crippen LogP contribution in [0.25, 0.3) is 0 Å². The average molecular weight is 337 g/mol. The Balaban J connectivity index is 1.97. The molecule has 7 heteroatoms. The van der Waals surface area contributed by atoms with Crippen molar-refractivity contribution in [1.82, 2.24) is 4.90 Å². The first-order chi connectivity index (χ1) is 10.9. The van der Waals surface area contributed by atoms with Crippen molar-refractivity contribution in [1.29, 1.82) is 0 Å². The first kappa shape index (κ1) is 16.9. The van der Waals surface area contributed by atoms with E-state index >= 15 is 0 Å². The fraction of sp³-hybridized carbons (Fsp3) is 0.250. The van der Waals surface area contributed by atoms with E-state index in [0.29, 0.717) is 17.3 Å². The normalized spacial score (nSPS) is 10.4. The number of furan rings is 1. The lowest BCUT2D eigenvalue weighted by Crippen LogP contribution is -2.31. The van der Waals surface area contributed by atoms with Crippen LogP contribution in [0.5, 0.6) is 5.75 Å². The van der Waals surface area contributed by atoms with Crippen LogP contribution >= 0.6 is 11.6 Å². The average Bonchev–Trinajstić information content (AvgIpc) is 2.90. The third-order valence-electron chi connectivity index (χ3n) is 3.17. The number of rotatable bonds is 6. The molecule has 1 aromatic carbocycles. The maximum Gasteiger partial charge on any atom is 0.260 e. The number of primary amides is 1. The van der Waals surface area contributed by atoms with Crippen LogP contribution in [0.3, 0.4) is 0 Å². The van der Waals surface area contributed by atoms with Crippen molar-refractivity contribution in [2.75, 3.05) is 13.7 Å². The molecule has 0 fully saturated rings. The van der Waals surface area contributed by atoms with Gasteiger partial charge < -0.3 is 19.8 Å². The van der Waals surface area contributed by atoms with E-state index in [1.165, 1.54) is 17.0 Å². The molecule has 0 saturated carbocycles. The summed E-state index contributed by atoms with van der Waals surface area (Å²) in [6, 6.07) is 8.11. The molecule has 2 rings (SSSR count). The minimum Gasteiger partial charge on any atom is -0.483 e. The van der Waals surface area contributed by atoms with Gasteiger partial charge in [0.05, 0.1) is 12.1 Å². The number of hydrogen-bond acceptors (Lipinski definition) is 4. The molecule has 0 aliphatic rings. The van der Waals surface area contributed by atoms with Crippen LogP contribution < -0.4 is 10.5 Å². The third-order valence-corrected chi connectivity index (χ3v) is 3.41. The van der Waals surface area contributed by atoms with Gasteiger partial charge in [0, 0.05) is 12.1 Å². The highest BCUT2D eigenvalue weighted by molar-refractivity contribution is 6.31. The van der Waals surface area contributed by atoms with E-state index < -0.39 is 5.91 Å². The molecule has 1 aromatic heterocycles. The molecule has 1 heterocycles. The molecule has 0 atom stereocenters. The second kappa shape index (κ2) is 7.19.